The van der Waals surface area contributed by atoms with Gasteiger partial charge in [0.25, 0.3) is 0 Å². The van der Waals surface area contributed by atoms with E-state index >= 15 is 0 Å². The third-order valence-electron chi connectivity index (χ3n) is 3.06. The first-order valence-electron chi connectivity index (χ1n) is 6.29. The summed E-state index contributed by atoms with van der Waals surface area (Å²) in [5.41, 5.74) is 0.614. The number of rotatable bonds is 7. The van der Waals surface area contributed by atoms with E-state index in [-0.39, 0.29) is 11.2 Å². The summed E-state index contributed by atoms with van der Waals surface area (Å²) in [7, 11) is 0. The Hall–Kier alpha value is -0.670. The van der Waals surface area contributed by atoms with Gasteiger partial charge in [0.1, 0.15) is 5.82 Å². The van der Waals surface area contributed by atoms with Crippen molar-refractivity contribution in [3.8, 4) is 0 Å². The maximum absolute atomic E-state index is 13.8. The summed E-state index contributed by atoms with van der Waals surface area (Å²) in [6.07, 6.45) is 3.67. The second kappa shape index (κ2) is 7.05. The van der Waals surface area contributed by atoms with E-state index < -0.39 is 0 Å². The molecule has 0 aromatic heterocycles. The highest BCUT2D eigenvalue weighted by Crippen LogP contribution is 2.26. The second-order valence-corrected chi connectivity index (χ2v) is 5.86. The molecule has 1 nitrogen and oxygen atoms in total. The van der Waals surface area contributed by atoms with Gasteiger partial charge in [-0.1, -0.05) is 41.9 Å². The quantitative estimate of drug-likeness (QED) is 0.584. The van der Waals surface area contributed by atoms with Gasteiger partial charge in [0.15, 0.2) is 0 Å². The number of hydrogen-bond donors (Lipinski definition) is 1. The Morgan fingerprint density at radius 2 is 2.22 bits per heavy atom. The van der Waals surface area contributed by atoms with Gasteiger partial charge < -0.3 is 5.32 Å². The van der Waals surface area contributed by atoms with Gasteiger partial charge in [0, 0.05) is 16.4 Å². The van der Waals surface area contributed by atoms with E-state index in [9.17, 15) is 4.39 Å². The minimum Gasteiger partial charge on any atom is -0.316 e. The largest absolute Gasteiger partial charge is 0.316 e. The Morgan fingerprint density at radius 1 is 1.50 bits per heavy atom. The Kier molecular flexibility index (Phi) is 6.03. The van der Waals surface area contributed by atoms with Crippen molar-refractivity contribution >= 4 is 15.9 Å². The Morgan fingerprint density at radius 3 is 2.78 bits per heavy atom. The molecular weight excluding hydrogens is 293 g/mol. The number of nitrogens with one attached hydrogen (secondary N) is 1. The smallest absolute Gasteiger partial charge is 0.127 e. The molecule has 0 saturated carbocycles. The lowest BCUT2D eigenvalue weighted by molar-refractivity contribution is 0.385. The average molecular weight is 314 g/mol. The summed E-state index contributed by atoms with van der Waals surface area (Å²) in [6.45, 7) is 9.91. The molecule has 0 fully saturated rings. The molecule has 0 saturated heterocycles. The van der Waals surface area contributed by atoms with E-state index in [2.05, 4.69) is 41.7 Å². The topological polar surface area (TPSA) is 12.0 Å². The summed E-state index contributed by atoms with van der Waals surface area (Å²) in [5, 5.41) is 3.37. The molecule has 1 aromatic rings. The van der Waals surface area contributed by atoms with Gasteiger partial charge in [-0.25, -0.2) is 4.39 Å². The zero-order chi connectivity index (χ0) is 13.6. The van der Waals surface area contributed by atoms with Crippen LogP contribution in [0.1, 0.15) is 25.8 Å². The van der Waals surface area contributed by atoms with Gasteiger partial charge >= 0.3 is 0 Å². The van der Waals surface area contributed by atoms with Crippen LogP contribution in [0.25, 0.3) is 0 Å². The van der Waals surface area contributed by atoms with E-state index in [1.54, 1.807) is 0 Å². The normalized spacial score (nSPS) is 14.2. The zero-order valence-corrected chi connectivity index (χ0v) is 12.7. The predicted octanol–water partition coefficient (Wildman–Crippen LogP) is 4.32. The minimum absolute atomic E-state index is 0.121. The highest BCUT2D eigenvalue weighted by molar-refractivity contribution is 9.10. The molecule has 0 radical (unpaired) electrons. The molecule has 100 valence electrons. The molecule has 1 atom stereocenters. The zero-order valence-electron chi connectivity index (χ0n) is 11.1. The standard InChI is InChI=1S/C15H21BrFN/c1-4-8-18-11-15(3,5-2)10-12-6-7-13(16)9-14(12)17/h5-7,9,18H,2,4,8,10-11H2,1,3H3. The van der Waals surface area contributed by atoms with Crippen LogP contribution >= 0.6 is 15.9 Å². The number of halogens is 2. The molecule has 0 bridgehead atoms. The van der Waals surface area contributed by atoms with Crippen LogP contribution in [-0.4, -0.2) is 13.1 Å². The molecule has 0 heterocycles. The van der Waals surface area contributed by atoms with Gasteiger partial charge in [-0.15, -0.1) is 6.58 Å². The van der Waals surface area contributed by atoms with Crippen LogP contribution in [0.3, 0.4) is 0 Å². The van der Waals surface area contributed by atoms with Crippen LogP contribution in [-0.2, 0) is 6.42 Å². The van der Waals surface area contributed by atoms with Crippen LogP contribution in [0, 0.1) is 11.2 Å². The van der Waals surface area contributed by atoms with E-state index in [0.29, 0.717) is 6.42 Å². The van der Waals surface area contributed by atoms with E-state index in [4.69, 9.17) is 0 Å². The summed E-state index contributed by atoms with van der Waals surface area (Å²) in [6, 6.07) is 5.22. The Labute approximate surface area is 118 Å². The van der Waals surface area contributed by atoms with Crippen molar-refractivity contribution in [1.82, 2.24) is 5.32 Å². The van der Waals surface area contributed by atoms with Gasteiger partial charge in [-0.05, 0) is 37.1 Å². The van der Waals surface area contributed by atoms with Crippen LogP contribution in [0.15, 0.2) is 35.3 Å². The third kappa shape index (κ3) is 4.54. The van der Waals surface area contributed by atoms with Crippen molar-refractivity contribution < 1.29 is 4.39 Å². The maximum atomic E-state index is 13.8. The van der Waals surface area contributed by atoms with E-state index in [1.165, 1.54) is 6.07 Å². The average Bonchev–Trinajstić information content (AvgIpc) is 2.33. The molecule has 0 aliphatic carbocycles. The lowest BCUT2D eigenvalue weighted by Crippen LogP contribution is -2.32. The fourth-order valence-corrected chi connectivity index (χ4v) is 2.19. The van der Waals surface area contributed by atoms with Crippen LogP contribution in [0.4, 0.5) is 4.39 Å². The molecule has 1 rings (SSSR count). The minimum atomic E-state index is -0.159. The van der Waals surface area contributed by atoms with Gasteiger partial charge in [-0.2, -0.15) is 0 Å². The SMILES string of the molecule is C=CC(C)(CNCCC)Cc1ccc(Br)cc1F. The van der Waals surface area contributed by atoms with E-state index in [1.807, 2.05) is 18.2 Å². The fraction of sp³-hybridized carbons (Fsp3) is 0.467. The molecule has 0 amide bonds. The Balaban J connectivity index is 2.74. The fourth-order valence-electron chi connectivity index (χ4n) is 1.86. The third-order valence-corrected chi connectivity index (χ3v) is 3.55. The molecule has 3 heteroatoms. The van der Waals surface area contributed by atoms with Gasteiger partial charge in [-0.3, -0.25) is 0 Å². The highest BCUT2D eigenvalue weighted by atomic mass is 79.9. The van der Waals surface area contributed by atoms with Crippen molar-refractivity contribution in [3.63, 3.8) is 0 Å². The van der Waals surface area contributed by atoms with Crippen LogP contribution in [0.5, 0.6) is 0 Å². The molecule has 1 unspecified atom stereocenters. The first-order chi connectivity index (χ1) is 8.50. The second-order valence-electron chi connectivity index (χ2n) is 4.95. The molecule has 0 spiro atoms. The lowest BCUT2D eigenvalue weighted by atomic mass is 9.83. The maximum Gasteiger partial charge on any atom is 0.127 e. The Bertz CT molecular complexity index is 405. The van der Waals surface area contributed by atoms with E-state index in [0.717, 1.165) is 29.5 Å². The summed E-state index contributed by atoms with van der Waals surface area (Å²) in [5.74, 6) is -0.159. The van der Waals surface area contributed by atoms with Crippen LogP contribution < -0.4 is 5.32 Å². The monoisotopic (exact) mass is 313 g/mol. The van der Waals surface area contributed by atoms with Crippen molar-refractivity contribution in [2.24, 2.45) is 5.41 Å². The van der Waals surface area contributed by atoms with Crippen molar-refractivity contribution in [2.45, 2.75) is 26.7 Å². The number of hydrogen-bond acceptors (Lipinski definition) is 1. The molecule has 1 aromatic carbocycles. The summed E-state index contributed by atoms with van der Waals surface area (Å²) < 4.78 is 14.6. The lowest BCUT2D eigenvalue weighted by Gasteiger charge is -2.26. The first kappa shape index (κ1) is 15.4. The first-order valence-corrected chi connectivity index (χ1v) is 7.08. The van der Waals surface area contributed by atoms with Gasteiger partial charge in [0.2, 0.25) is 0 Å². The summed E-state index contributed by atoms with van der Waals surface area (Å²) in [4.78, 5) is 0. The molecule has 18 heavy (non-hydrogen) atoms. The van der Waals surface area contributed by atoms with Crippen molar-refractivity contribution in [2.75, 3.05) is 13.1 Å². The molecule has 0 aliphatic heterocycles. The van der Waals surface area contributed by atoms with Crippen LogP contribution in [0.2, 0.25) is 0 Å². The molecular formula is C15H21BrFN. The summed E-state index contributed by atoms with van der Waals surface area (Å²) >= 11 is 3.27. The number of benzene rings is 1. The van der Waals surface area contributed by atoms with Crippen molar-refractivity contribution in [3.05, 3.63) is 46.7 Å². The molecule has 0 aliphatic rings. The predicted molar refractivity (Wildman–Crippen MR) is 79.3 cm³/mol. The van der Waals surface area contributed by atoms with Gasteiger partial charge in [0.05, 0.1) is 0 Å². The van der Waals surface area contributed by atoms with Crippen molar-refractivity contribution in [1.29, 1.82) is 0 Å². The molecule has 1 N–H and O–H groups in total. The highest BCUT2D eigenvalue weighted by Gasteiger charge is 2.22.